The molecule has 0 amide bonds. The number of non-ortho nitro benzene ring substituents is 1. The number of halogens is 1. The van der Waals surface area contributed by atoms with Crippen LogP contribution in [0.3, 0.4) is 0 Å². The second-order valence-electron chi connectivity index (χ2n) is 5.22. The van der Waals surface area contributed by atoms with E-state index < -0.39 is 16.2 Å². The standard InChI is InChI=1S/C12H14FNO3/c1-11(2)6-12(11,7-15)9-5-8(14(16)17)3-4-10(9)13/h3-5,15H,6-7H2,1-2H3. The molecule has 0 bridgehead atoms. The molecule has 92 valence electrons. The molecule has 0 saturated heterocycles. The Bertz CT molecular complexity index is 487. The zero-order chi connectivity index (χ0) is 12.8. The Morgan fingerprint density at radius 3 is 2.53 bits per heavy atom. The number of hydrogen-bond acceptors (Lipinski definition) is 3. The van der Waals surface area contributed by atoms with Crippen LogP contribution in [0.15, 0.2) is 18.2 Å². The molecule has 0 aliphatic heterocycles. The molecule has 1 unspecified atom stereocenters. The Hall–Kier alpha value is -1.49. The lowest BCUT2D eigenvalue weighted by Gasteiger charge is -2.18. The van der Waals surface area contributed by atoms with Gasteiger partial charge in [0.2, 0.25) is 0 Å². The summed E-state index contributed by atoms with van der Waals surface area (Å²) in [5.41, 5.74) is -0.794. The minimum atomic E-state index is -0.677. The number of hydrogen-bond donors (Lipinski definition) is 1. The zero-order valence-corrected chi connectivity index (χ0v) is 9.74. The molecule has 0 radical (unpaired) electrons. The van der Waals surface area contributed by atoms with E-state index in [0.717, 1.165) is 12.1 Å². The van der Waals surface area contributed by atoms with Gasteiger partial charge < -0.3 is 5.11 Å². The van der Waals surface area contributed by atoms with Crippen molar-refractivity contribution in [2.75, 3.05) is 6.61 Å². The molecule has 1 N–H and O–H groups in total. The highest BCUT2D eigenvalue weighted by Crippen LogP contribution is 2.64. The molecular weight excluding hydrogens is 225 g/mol. The quantitative estimate of drug-likeness (QED) is 0.650. The molecule has 0 aromatic heterocycles. The van der Waals surface area contributed by atoms with Gasteiger partial charge in [0.15, 0.2) is 0 Å². The van der Waals surface area contributed by atoms with E-state index >= 15 is 0 Å². The first kappa shape index (κ1) is 12.0. The lowest BCUT2D eigenvalue weighted by Crippen LogP contribution is -2.21. The molecule has 1 aromatic rings. The summed E-state index contributed by atoms with van der Waals surface area (Å²) < 4.78 is 13.8. The smallest absolute Gasteiger partial charge is 0.269 e. The average molecular weight is 239 g/mol. The summed E-state index contributed by atoms with van der Waals surface area (Å²) in [7, 11) is 0. The van der Waals surface area contributed by atoms with Gasteiger partial charge in [0.05, 0.1) is 11.5 Å². The second-order valence-corrected chi connectivity index (χ2v) is 5.22. The van der Waals surface area contributed by atoms with Gasteiger partial charge in [-0.05, 0) is 17.9 Å². The maximum absolute atomic E-state index is 13.8. The summed E-state index contributed by atoms with van der Waals surface area (Å²) in [6.07, 6.45) is 0.634. The highest BCUT2D eigenvalue weighted by atomic mass is 19.1. The number of nitro groups is 1. The Labute approximate surface area is 98.2 Å². The third-order valence-electron chi connectivity index (χ3n) is 3.86. The topological polar surface area (TPSA) is 63.4 Å². The van der Waals surface area contributed by atoms with Crippen molar-refractivity contribution in [3.63, 3.8) is 0 Å². The van der Waals surface area contributed by atoms with Crippen molar-refractivity contribution >= 4 is 5.69 Å². The molecule has 1 aliphatic carbocycles. The fraction of sp³-hybridized carbons (Fsp3) is 0.500. The van der Waals surface area contributed by atoms with E-state index in [1.54, 1.807) is 0 Å². The van der Waals surface area contributed by atoms with E-state index in [9.17, 15) is 19.6 Å². The van der Waals surface area contributed by atoms with Crippen molar-refractivity contribution in [2.45, 2.75) is 25.7 Å². The Morgan fingerprint density at radius 1 is 1.53 bits per heavy atom. The third kappa shape index (κ3) is 1.61. The summed E-state index contributed by atoms with van der Waals surface area (Å²) in [6, 6.07) is 3.47. The molecule has 1 fully saturated rings. The van der Waals surface area contributed by atoms with Gasteiger partial charge in [-0.15, -0.1) is 0 Å². The number of nitro benzene ring substituents is 1. The molecule has 4 nitrogen and oxygen atoms in total. The van der Waals surface area contributed by atoms with E-state index in [4.69, 9.17) is 0 Å². The van der Waals surface area contributed by atoms with Crippen molar-refractivity contribution in [1.82, 2.24) is 0 Å². The van der Waals surface area contributed by atoms with E-state index in [2.05, 4.69) is 0 Å². The second kappa shape index (κ2) is 3.50. The molecule has 1 atom stereocenters. The summed E-state index contributed by atoms with van der Waals surface area (Å²) in [5, 5.41) is 20.1. The van der Waals surface area contributed by atoms with Crippen LogP contribution in [0.25, 0.3) is 0 Å². The Morgan fingerprint density at radius 2 is 2.12 bits per heavy atom. The Kier molecular flexibility index (Phi) is 2.47. The van der Waals surface area contributed by atoms with Gasteiger partial charge >= 0.3 is 0 Å². The maximum Gasteiger partial charge on any atom is 0.269 e. The molecule has 0 spiro atoms. The predicted molar refractivity (Wildman–Crippen MR) is 60.2 cm³/mol. The molecular formula is C12H14FNO3. The molecule has 0 heterocycles. The van der Waals surface area contributed by atoms with Gasteiger partial charge in [-0.25, -0.2) is 4.39 Å². The average Bonchev–Trinajstić information content (AvgIpc) is 2.82. The highest BCUT2D eigenvalue weighted by molar-refractivity contribution is 5.45. The van der Waals surface area contributed by atoms with Crippen LogP contribution in [0, 0.1) is 21.3 Å². The molecule has 17 heavy (non-hydrogen) atoms. The minimum absolute atomic E-state index is 0.142. The largest absolute Gasteiger partial charge is 0.395 e. The van der Waals surface area contributed by atoms with Gasteiger partial charge in [0, 0.05) is 23.1 Å². The number of nitrogens with zero attached hydrogens (tertiary/aromatic N) is 1. The van der Waals surface area contributed by atoms with Gasteiger partial charge in [0.25, 0.3) is 5.69 Å². The SMILES string of the molecule is CC1(C)CC1(CO)c1cc([N+](=O)[O-])ccc1F. The third-order valence-corrected chi connectivity index (χ3v) is 3.86. The van der Waals surface area contributed by atoms with Gasteiger partial charge in [-0.2, -0.15) is 0 Å². The number of benzene rings is 1. The van der Waals surface area contributed by atoms with Crippen LogP contribution < -0.4 is 0 Å². The van der Waals surface area contributed by atoms with E-state index in [-0.39, 0.29) is 23.3 Å². The van der Waals surface area contributed by atoms with Gasteiger partial charge in [-0.3, -0.25) is 10.1 Å². The van der Waals surface area contributed by atoms with Crippen molar-refractivity contribution in [3.05, 3.63) is 39.7 Å². The monoisotopic (exact) mass is 239 g/mol. The van der Waals surface area contributed by atoms with E-state index in [0.29, 0.717) is 6.42 Å². The van der Waals surface area contributed by atoms with Crippen LogP contribution in [-0.4, -0.2) is 16.6 Å². The first-order chi connectivity index (χ1) is 7.84. The first-order valence-corrected chi connectivity index (χ1v) is 5.39. The Balaban J connectivity index is 2.52. The van der Waals surface area contributed by atoms with Gasteiger partial charge in [0.1, 0.15) is 5.82 Å². The van der Waals surface area contributed by atoms with Crippen LogP contribution in [0.2, 0.25) is 0 Å². The summed E-state index contributed by atoms with van der Waals surface area (Å²) in [4.78, 5) is 10.1. The van der Waals surface area contributed by atoms with Crippen LogP contribution in [0.4, 0.5) is 10.1 Å². The molecule has 5 heteroatoms. The van der Waals surface area contributed by atoms with Crippen LogP contribution >= 0.6 is 0 Å². The minimum Gasteiger partial charge on any atom is -0.395 e. The molecule has 2 rings (SSSR count). The summed E-state index contributed by atoms with van der Waals surface area (Å²) in [6.45, 7) is 3.64. The number of rotatable bonds is 3. The maximum atomic E-state index is 13.8. The number of aliphatic hydroxyl groups excluding tert-OH is 1. The molecule has 1 saturated carbocycles. The van der Waals surface area contributed by atoms with Crippen LogP contribution in [0.5, 0.6) is 0 Å². The fourth-order valence-electron chi connectivity index (χ4n) is 2.52. The predicted octanol–water partition coefficient (Wildman–Crippen LogP) is 2.39. The summed E-state index contributed by atoms with van der Waals surface area (Å²) >= 11 is 0. The van der Waals surface area contributed by atoms with Crippen molar-refractivity contribution in [2.24, 2.45) is 5.41 Å². The van der Waals surface area contributed by atoms with Crippen molar-refractivity contribution < 1.29 is 14.4 Å². The van der Waals surface area contributed by atoms with Crippen molar-refractivity contribution in [3.8, 4) is 0 Å². The molecule has 1 aliphatic rings. The number of aliphatic hydroxyl groups is 1. The highest BCUT2D eigenvalue weighted by Gasteiger charge is 2.62. The molecule has 1 aromatic carbocycles. The van der Waals surface area contributed by atoms with Crippen LogP contribution in [0.1, 0.15) is 25.8 Å². The zero-order valence-electron chi connectivity index (χ0n) is 9.74. The normalized spacial score (nSPS) is 25.6. The lowest BCUT2D eigenvalue weighted by molar-refractivity contribution is -0.385. The van der Waals surface area contributed by atoms with Crippen LogP contribution in [-0.2, 0) is 5.41 Å². The fourth-order valence-corrected chi connectivity index (χ4v) is 2.52. The van der Waals surface area contributed by atoms with Gasteiger partial charge in [-0.1, -0.05) is 13.8 Å². The lowest BCUT2D eigenvalue weighted by atomic mass is 9.88. The first-order valence-electron chi connectivity index (χ1n) is 5.39. The van der Waals surface area contributed by atoms with E-state index in [1.807, 2.05) is 13.8 Å². The van der Waals surface area contributed by atoms with Crippen molar-refractivity contribution in [1.29, 1.82) is 0 Å². The summed E-state index contributed by atoms with van der Waals surface area (Å²) in [5.74, 6) is -0.491. The van der Waals surface area contributed by atoms with E-state index in [1.165, 1.54) is 6.07 Å².